The second-order valence-electron chi connectivity index (χ2n) is 28.9. The van der Waals surface area contributed by atoms with Gasteiger partial charge in [0.2, 0.25) is 0 Å². The van der Waals surface area contributed by atoms with Gasteiger partial charge >= 0.3 is 35.8 Å². The van der Waals surface area contributed by atoms with Crippen molar-refractivity contribution in [2.24, 2.45) is 31.2 Å². The van der Waals surface area contributed by atoms with E-state index < -0.39 is 118 Å². The van der Waals surface area contributed by atoms with E-state index in [9.17, 15) is 57.3 Å². The maximum atomic E-state index is 15.2. The third-order valence-electron chi connectivity index (χ3n) is 20.8. The minimum absolute atomic E-state index is 0.0582. The Morgan fingerprint density at radius 3 is 1.09 bits per heavy atom. The van der Waals surface area contributed by atoms with Crippen LogP contribution in [0.1, 0.15) is 137 Å². The largest absolute Gasteiger partial charge is 0.481 e. The highest BCUT2D eigenvalue weighted by Gasteiger charge is 2.52. The SMILES string of the molecule is CCOC(=O)C1=C(CN2CC(F)C(C)(C)[C@H]2CCC(=O)O)NC(c2nccs2)=N[C@H]1c1ccc(F)cc1Cl.COC(=O)C1=C(CN2CC(F)C(C)(C)[C@H]2CCC(=O)O)NC(c2nccs2)=N[C@H]1c1ccc(F)cc1Br.COC(=O)C1=C(CN2CC(F)C(C)(C)[C@H]2CCC(=O)O)NC(c2nccs2)=N[C@H]1c1ccc(F)cc1Cl. The highest BCUT2D eigenvalue weighted by atomic mass is 79.9. The number of carboxylic acids is 3. The molecule has 6 aromatic rings. The molecule has 0 aliphatic carbocycles. The Hall–Kier alpha value is -8.48. The molecule has 3 aromatic heterocycles. The summed E-state index contributed by atoms with van der Waals surface area (Å²) in [7, 11) is 2.50. The van der Waals surface area contributed by atoms with Gasteiger partial charge in [-0.3, -0.25) is 44.1 Å². The van der Waals surface area contributed by atoms with Crippen molar-refractivity contribution in [3.8, 4) is 0 Å². The van der Waals surface area contributed by atoms with Gasteiger partial charge in [-0.15, -0.1) is 34.0 Å². The van der Waals surface area contributed by atoms with Crippen molar-refractivity contribution in [3.63, 3.8) is 0 Å². The van der Waals surface area contributed by atoms with Crippen LogP contribution in [0, 0.1) is 33.7 Å². The number of carbonyl (C=O) groups excluding carboxylic acids is 3. The molecule has 36 heteroatoms. The van der Waals surface area contributed by atoms with Gasteiger partial charge in [-0.25, -0.2) is 55.7 Å². The van der Waals surface area contributed by atoms with Crippen molar-refractivity contribution in [2.75, 3.05) is 60.1 Å². The van der Waals surface area contributed by atoms with Crippen LogP contribution >= 0.6 is 73.1 Å². The van der Waals surface area contributed by atoms with Crippen molar-refractivity contribution < 1.29 is 84.6 Å². The number of nitrogens with one attached hydrogen (secondary N) is 3. The van der Waals surface area contributed by atoms with Gasteiger partial charge in [-0.2, -0.15) is 0 Å². The van der Waals surface area contributed by atoms with Crippen molar-refractivity contribution in [1.82, 2.24) is 45.6 Å². The van der Waals surface area contributed by atoms with Gasteiger partial charge in [-0.05, 0) is 68.1 Å². The Morgan fingerprint density at radius 2 is 0.812 bits per heavy atom. The predicted octanol–water partition coefficient (Wildman–Crippen LogP) is 13.6. The quantitative estimate of drug-likeness (QED) is 0.0176. The van der Waals surface area contributed by atoms with Gasteiger partial charge in [0, 0.05) is 170 Å². The minimum atomic E-state index is -1.20. The molecule has 112 heavy (non-hydrogen) atoms. The zero-order valence-corrected chi connectivity index (χ0v) is 67.8. The Morgan fingerprint density at radius 1 is 0.509 bits per heavy atom. The molecule has 9 heterocycles. The number of amidine groups is 3. The fraction of sp³-hybridized carbons (Fsp3) is 0.447. The standard InChI is InChI=1S/C26H29ClF2N4O4S.C25H27BrF2N4O4S.C25H27ClF2N4O4S/c1-4-37-25(36)21-17(12-33-13-18(29)26(2,3)19(33)7-8-20(34)35)31-23(24-30-9-10-38-24)32-22(21)15-6-5-14(28)11-16(15)27;2*1-25(2)17(28)12-32(18(25)6-7-19(33)34)11-16-20(24(35)36-3)21(14-5-4-13(27)10-15(14)26)31-22(30-16)23-29-8-9-37-23/h5-6,9-11,18-19,22H,4,7-8,12-13H2,1-3H3,(H,31,32)(H,34,35);2*4-5,8-10,17-18,21H,6-7,11-12H2,1-3H3,(H,30,31)(H,33,34)/t18?,19-,22+;2*17?,18-,21+/m111/s1. The first-order valence-electron chi connectivity index (χ1n) is 35.5. The van der Waals surface area contributed by atoms with Gasteiger partial charge < -0.3 is 45.5 Å². The number of rotatable bonds is 25. The molecule has 0 radical (unpaired) electrons. The average molecular weight is 1720 g/mol. The number of thiazole rings is 3. The molecular formula is C76H83BrCl2F6N12O12S3. The van der Waals surface area contributed by atoms with Gasteiger partial charge in [0.15, 0.2) is 32.5 Å². The molecular weight excluding hydrogens is 1630 g/mol. The van der Waals surface area contributed by atoms with E-state index in [1.807, 2.05) is 14.7 Å². The third kappa shape index (κ3) is 19.5. The van der Waals surface area contributed by atoms with E-state index in [2.05, 4.69) is 46.8 Å². The number of aliphatic imine (C=N–C) groups is 3. The summed E-state index contributed by atoms with van der Waals surface area (Å²) < 4.78 is 103. The Kier molecular flexibility index (Phi) is 28.2. The summed E-state index contributed by atoms with van der Waals surface area (Å²) in [6.45, 7) is 13.0. The Balaban J connectivity index is 0.000000178. The number of benzene rings is 3. The molecule has 24 nitrogen and oxygen atoms in total. The van der Waals surface area contributed by atoms with Crippen LogP contribution in [0.4, 0.5) is 26.3 Å². The van der Waals surface area contributed by atoms with Gasteiger partial charge in [0.1, 0.15) is 54.1 Å². The molecule has 3 saturated heterocycles. The lowest BCUT2D eigenvalue weighted by molar-refractivity contribution is -0.139. The fourth-order valence-electron chi connectivity index (χ4n) is 14.8. The third-order valence-corrected chi connectivity index (χ3v) is 24.5. The molecule has 0 amide bonds. The summed E-state index contributed by atoms with van der Waals surface area (Å²) in [4.78, 5) is 106. The number of aromatic nitrogens is 3. The number of esters is 3. The van der Waals surface area contributed by atoms with Crippen LogP contribution in [0.15, 0.2) is 143 Å². The number of carbonyl (C=O) groups is 6. The van der Waals surface area contributed by atoms with Crippen molar-refractivity contribution in [2.45, 2.75) is 142 Å². The zero-order valence-electron chi connectivity index (χ0n) is 62.2. The van der Waals surface area contributed by atoms with Crippen LogP contribution in [-0.2, 0) is 43.0 Å². The molecule has 6 aliphatic heterocycles. The normalized spacial score (nSPS) is 23.4. The number of aliphatic carboxylic acids is 3. The first kappa shape index (κ1) is 85.9. The highest BCUT2D eigenvalue weighted by Crippen LogP contribution is 2.47. The second kappa shape index (κ2) is 36.8. The number of nitrogens with zero attached hydrogens (tertiary/aromatic N) is 9. The summed E-state index contributed by atoms with van der Waals surface area (Å²) >= 11 is 20.2. The smallest absolute Gasteiger partial charge is 0.338 e. The topological polar surface area (TPSA) is 312 Å². The van der Waals surface area contributed by atoms with E-state index in [0.29, 0.717) is 70.8 Å². The van der Waals surface area contributed by atoms with E-state index in [1.165, 1.54) is 84.6 Å². The molecule has 0 spiro atoms. The van der Waals surface area contributed by atoms with Crippen molar-refractivity contribution in [3.05, 3.63) is 187 Å². The molecule has 12 rings (SSSR count). The highest BCUT2D eigenvalue weighted by molar-refractivity contribution is 9.10. The Labute approximate surface area is 672 Å². The van der Waals surface area contributed by atoms with Crippen LogP contribution < -0.4 is 16.0 Å². The predicted molar refractivity (Wildman–Crippen MR) is 415 cm³/mol. The first-order chi connectivity index (χ1) is 53.1. The molecule has 600 valence electrons. The molecule has 0 bridgehead atoms. The fourth-order valence-corrected chi connectivity index (χ4v) is 17.7. The van der Waals surface area contributed by atoms with Crippen LogP contribution in [0.3, 0.4) is 0 Å². The molecule has 9 atom stereocenters. The zero-order chi connectivity index (χ0) is 81.4. The summed E-state index contributed by atoms with van der Waals surface area (Å²) in [5, 5.41) is 44.6. The first-order valence-corrected chi connectivity index (χ1v) is 39.7. The summed E-state index contributed by atoms with van der Waals surface area (Å²) in [5.74, 6) is -5.19. The lowest BCUT2D eigenvalue weighted by Gasteiger charge is -2.35. The Bertz CT molecular complexity index is 4500. The number of hydrogen-bond donors (Lipinski definition) is 6. The molecule has 3 unspecified atom stereocenters. The van der Waals surface area contributed by atoms with Gasteiger partial charge in [0.25, 0.3) is 0 Å². The van der Waals surface area contributed by atoms with E-state index in [0.717, 1.165) is 12.1 Å². The number of ether oxygens (including phenoxy) is 3. The number of methoxy groups -OCH3 is 2. The van der Waals surface area contributed by atoms with Crippen molar-refractivity contribution >= 4 is 126 Å². The van der Waals surface area contributed by atoms with Gasteiger partial charge in [0.05, 0.1) is 37.5 Å². The summed E-state index contributed by atoms with van der Waals surface area (Å²) in [6, 6.07) is 7.91. The number of alkyl halides is 3. The number of carboxylic acid groups (broad SMARTS) is 3. The maximum absolute atomic E-state index is 15.2. The molecule has 6 N–H and O–H groups in total. The van der Waals surface area contributed by atoms with Crippen LogP contribution in [0.25, 0.3) is 0 Å². The van der Waals surface area contributed by atoms with Crippen LogP contribution in [0.2, 0.25) is 10.0 Å². The molecule has 3 fully saturated rings. The van der Waals surface area contributed by atoms with E-state index >= 15 is 13.2 Å². The molecule has 0 saturated carbocycles. The lowest BCUT2D eigenvalue weighted by atomic mass is 9.81. The number of halogens is 9. The van der Waals surface area contributed by atoms with Gasteiger partial charge in [-0.1, -0.05) is 98.9 Å². The van der Waals surface area contributed by atoms with Crippen LogP contribution in [0.5, 0.6) is 0 Å². The molecule has 6 aliphatic rings. The number of likely N-dealkylation sites (tertiary alicyclic amines) is 3. The monoisotopic (exact) mass is 1710 g/mol. The van der Waals surface area contributed by atoms with E-state index in [1.54, 1.807) is 89.3 Å². The second-order valence-corrected chi connectivity index (χ2v) is 33.3. The number of hydrogen-bond acceptors (Lipinski definition) is 24. The van der Waals surface area contributed by atoms with Crippen LogP contribution in [-0.4, -0.2) is 195 Å². The molecule has 3 aromatic carbocycles. The summed E-state index contributed by atoms with van der Waals surface area (Å²) in [5.41, 5.74) is 0.715. The van der Waals surface area contributed by atoms with E-state index in [-0.39, 0.29) is 117 Å². The minimum Gasteiger partial charge on any atom is -0.481 e. The van der Waals surface area contributed by atoms with Crippen molar-refractivity contribution in [1.29, 1.82) is 0 Å². The lowest BCUT2D eigenvalue weighted by Crippen LogP contribution is -2.43. The summed E-state index contributed by atoms with van der Waals surface area (Å²) in [6.07, 6.45) is 1.66. The average Bonchev–Trinajstić information content (AvgIpc) is 1.27. The maximum Gasteiger partial charge on any atom is 0.338 e. The van der Waals surface area contributed by atoms with E-state index in [4.69, 9.17) is 52.4 Å².